The molecule has 0 atom stereocenters. The second-order valence-corrected chi connectivity index (χ2v) is 5.41. The summed E-state index contributed by atoms with van der Waals surface area (Å²) in [5.41, 5.74) is 2.06. The summed E-state index contributed by atoms with van der Waals surface area (Å²) in [7, 11) is 0. The number of halogens is 1. The Bertz CT molecular complexity index is 526. The second kappa shape index (κ2) is 6.79. The van der Waals surface area contributed by atoms with E-state index in [1.165, 1.54) is 5.69 Å². The molecule has 2 aromatic rings. The standard InChI is InChI=1S/C12H17IN4O/c1-3-10-8-16-12-11(14-4-6-17(10)12)15-5-7-18-9-13-2/h4,6,8H,2-3,5,7,9H2,1H3,(H,14,15). The zero-order valence-electron chi connectivity index (χ0n) is 10.4. The first-order chi connectivity index (χ1) is 8.86. The van der Waals surface area contributed by atoms with Gasteiger partial charge in [0.2, 0.25) is 0 Å². The maximum Gasteiger partial charge on any atom is 0.180 e. The maximum atomic E-state index is 5.41. The Kier molecular flexibility index (Phi) is 5.06. The molecular weight excluding hydrogens is 343 g/mol. The summed E-state index contributed by atoms with van der Waals surface area (Å²) in [6.45, 7) is 3.54. The number of aryl methyl sites for hydroxylation is 1. The Hall–Kier alpha value is -1.02. The molecule has 2 aromatic heterocycles. The van der Waals surface area contributed by atoms with Crippen molar-refractivity contribution in [3.63, 3.8) is 0 Å². The molecule has 0 spiro atoms. The van der Waals surface area contributed by atoms with Crippen molar-refractivity contribution in [2.45, 2.75) is 13.3 Å². The lowest BCUT2D eigenvalue weighted by Crippen LogP contribution is -2.11. The fraction of sp³-hybridized carbons (Fsp3) is 0.417. The molecule has 0 amide bonds. The number of aromatic nitrogens is 3. The third-order valence-electron chi connectivity index (χ3n) is 2.56. The van der Waals surface area contributed by atoms with Crippen LogP contribution in [0.1, 0.15) is 12.6 Å². The van der Waals surface area contributed by atoms with E-state index in [1.54, 1.807) is 6.20 Å². The van der Waals surface area contributed by atoms with Crippen LogP contribution >= 0.6 is 20.7 Å². The predicted molar refractivity (Wildman–Crippen MR) is 82.8 cm³/mol. The van der Waals surface area contributed by atoms with Gasteiger partial charge in [0.05, 0.1) is 11.2 Å². The summed E-state index contributed by atoms with van der Waals surface area (Å²) in [5.74, 6) is 0.810. The Morgan fingerprint density at radius 3 is 3.17 bits per heavy atom. The lowest BCUT2D eigenvalue weighted by molar-refractivity contribution is 0.203. The normalized spacial score (nSPS) is 10.9. The van der Waals surface area contributed by atoms with Gasteiger partial charge in [0.1, 0.15) is 0 Å². The molecule has 0 saturated carbocycles. The van der Waals surface area contributed by atoms with Crippen molar-refractivity contribution in [2.75, 3.05) is 23.1 Å². The van der Waals surface area contributed by atoms with Crippen LogP contribution in [-0.2, 0) is 11.2 Å². The molecule has 0 unspecified atom stereocenters. The summed E-state index contributed by atoms with van der Waals surface area (Å²) in [6.07, 6.45) is 6.58. The molecule has 0 aliphatic carbocycles. The molecule has 18 heavy (non-hydrogen) atoms. The highest BCUT2D eigenvalue weighted by Crippen LogP contribution is 2.14. The van der Waals surface area contributed by atoms with Crippen LogP contribution in [-0.4, -0.2) is 36.6 Å². The van der Waals surface area contributed by atoms with E-state index < -0.39 is 0 Å². The van der Waals surface area contributed by atoms with Crippen molar-refractivity contribution >= 4 is 36.7 Å². The van der Waals surface area contributed by atoms with Gasteiger partial charge in [0, 0.05) is 30.8 Å². The van der Waals surface area contributed by atoms with Gasteiger partial charge in [-0.25, -0.2) is 9.97 Å². The van der Waals surface area contributed by atoms with Crippen molar-refractivity contribution in [3.05, 3.63) is 24.3 Å². The molecule has 2 heterocycles. The third-order valence-corrected chi connectivity index (χ3v) is 3.44. The summed E-state index contributed by atoms with van der Waals surface area (Å²) >= 11 is -0.0256. The topological polar surface area (TPSA) is 51.5 Å². The van der Waals surface area contributed by atoms with Gasteiger partial charge in [-0.1, -0.05) is 11.4 Å². The highest BCUT2D eigenvalue weighted by molar-refractivity contribution is 14.2. The van der Waals surface area contributed by atoms with Gasteiger partial charge in [-0.15, -0.1) is 20.7 Å². The van der Waals surface area contributed by atoms with Gasteiger partial charge in [0.15, 0.2) is 11.5 Å². The van der Waals surface area contributed by atoms with E-state index in [9.17, 15) is 0 Å². The molecule has 1 N–H and O–H groups in total. The first kappa shape index (κ1) is 13.4. The number of ether oxygens (including phenoxy) is 1. The highest BCUT2D eigenvalue weighted by atomic mass is 127. The van der Waals surface area contributed by atoms with Gasteiger partial charge < -0.3 is 10.1 Å². The van der Waals surface area contributed by atoms with Crippen molar-refractivity contribution in [1.29, 1.82) is 0 Å². The van der Waals surface area contributed by atoms with Crippen LogP contribution in [0.25, 0.3) is 5.65 Å². The summed E-state index contributed by atoms with van der Waals surface area (Å²) in [4.78, 5) is 8.71. The van der Waals surface area contributed by atoms with Crippen LogP contribution in [0.2, 0.25) is 0 Å². The highest BCUT2D eigenvalue weighted by Gasteiger charge is 2.06. The number of nitrogens with zero attached hydrogens (tertiary/aromatic N) is 3. The maximum absolute atomic E-state index is 5.41. The van der Waals surface area contributed by atoms with Crippen LogP contribution in [0, 0.1) is 0 Å². The molecule has 0 bridgehead atoms. The van der Waals surface area contributed by atoms with E-state index in [0.717, 1.165) is 29.0 Å². The zero-order chi connectivity index (χ0) is 12.8. The van der Waals surface area contributed by atoms with E-state index >= 15 is 0 Å². The largest absolute Gasteiger partial charge is 0.370 e. The minimum Gasteiger partial charge on any atom is -0.370 e. The minimum absolute atomic E-state index is 0.0256. The SMILES string of the molecule is C=ICOCCNc1nccn2c(CC)cnc12. The van der Waals surface area contributed by atoms with Crippen molar-refractivity contribution in [3.8, 4) is 0 Å². The van der Waals surface area contributed by atoms with Crippen LogP contribution in [0.15, 0.2) is 18.6 Å². The van der Waals surface area contributed by atoms with Crippen molar-refractivity contribution < 1.29 is 4.74 Å². The molecule has 5 nitrogen and oxygen atoms in total. The number of imidazole rings is 1. The van der Waals surface area contributed by atoms with Crippen LogP contribution < -0.4 is 5.32 Å². The molecule has 98 valence electrons. The number of alkyl halides is 1. The average Bonchev–Trinajstić information content (AvgIpc) is 2.82. The number of anilines is 1. The Morgan fingerprint density at radius 2 is 2.39 bits per heavy atom. The Morgan fingerprint density at radius 1 is 1.50 bits per heavy atom. The number of hydrogen-bond donors (Lipinski definition) is 1. The van der Waals surface area contributed by atoms with Gasteiger partial charge in [-0.2, -0.15) is 0 Å². The quantitative estimate of drug-likeness (QED) is 0.467. The lowest BCUT2D eigenvalue weighted by Gasteiger charge is -2.07. The molecule has 0 radical (unpaired) electrons. The van der Waals surface area contributed by atoms with Gasteiger partial charge >= 0.3 is 0 Å². The van der Waals surface area contributed by atoms with Crippen LogP contribution in [0.5, 0.6) is 0 Å². The minimum atomic E-state index is -0.0256. The Labute approximate surface area is 116 Å². The number of hydrogen-bond acceptors (Lipinski definition) is 4. The first-order valence-corrected chi connectivity index (χ1v) is 8.87. The molecule has 0 aliphatic rings. The van der Waals surface area contributed by atoms with Crippen molar-refractivity contribution in [1.82, 2.24) is 14.4 Å². The number of nitrogens with one attached hydrogen (secondary N) is 1. The van der Waals surface area contributed by atoms with Gasteiger partial charge in [-0.05, 0) is 6.42 Å². The number of fused-ring (bicyclic) bond motifs is 1. The summed E-state index contributed by atoms with van der Waals surface area (Å²) in [6, 6.07) is 0. The first-order valence-electron chi connectivity index (χ1n) is 5.82. The molecule has 0 aliphatic heterocycles. The Balaban J connectivity index is 2.04. The van der Waals surface area contributed by atoms with Crippen LogP contribution in [0.4, 0.5) is 5.82 Å². The smallest absolute Gasteiger partial charge is 0.180 e. The van der Waals surface area contributed by atoms with E-state index in [1.807, 2.05) is 12.4 Å². The summed E-state index contributed by atoms with van der Waals surface area (Å²) in [5, 5.41) is 3.26. The second-order valence-electron chi connectivity index (χ2n) is 3.71. The van der Waals surface area contributed by atoms with E-state index in [-0.39, 0.29) is 20.7 Å². The molecule has 6 heteroatoms. The fourth-order valence-corrected chi connectivity index (χ4v) is 2.33. The lowest BCUT2D eigenvalue weighted by atomic mass is 10.4. The molecule has 0 saturated heterocycles. The molecule has 0 fully saturated rings. The predicted octanol–water partition coefficient (Wildman–Crippen LogP) is 2.08. The number of rotatable bonds is 7. The summed E-state index contributed by atoms with van der Waals surface area (Å²) < 4.78 is 12.1. The van der Waals surface area contributed by atoms with E-state index in [4.69, 9.17) is 4.74 Å². The van der Waals surface area contributed by atoms with E-state index in [0.29, 0.717) is 6.61 Å². The molecule has 0 aromatic carbocycles. The van der Waals surface area contributed by atoms with Crippen molar-refractivity contribution in [2.24, 2.45) is 0 Å². The van der Waals surface area contributed by atoms with Gasteiger partial charge in [-0.3, -0.25) is 4.40 Å². The van der Waals surface area contributed by atoms with Crippen LogP contribution in [0.3, 0.4) is 0 Å². The van der Waals surface area contributed by atoms with E-state index in [2.05, 4.69) is 31.1 Å². The average molecular weight is 360 g/mol. The molecule has 2 rings (SSSR count). The monoisotopic (exact) mass is 360 g/mol. The van der Waals surface area contributed by atoms with Gasteiger partial charge in [0.25, 0.3) is 0 Å². The zero-order valence-corrected chi connectivity index (χ0v) is 12.6. The third kappa shape index (κ3) is 3.05. The fourth-order valence-electron chi connectivity index (χ4n) is 1.71. The molecular formula is C12H17IN4O.